The second-order valence-electron chi connectivity index (χ2n) is 4.48. The Morgan fingerprint density at radius 2 is 1.95 bits per heavy atom. The number of hydrogen-bond donors (Lipinski definition) is 0. The Labute approximate surface area is 128 Å². The molecule has 1 aromatic rings. The minimum atomic E-state index is -0.409. The normalized spacial score (nSPS) is 11.2. The van der Waals surface area contributed by atoms with Gasteiger partial charge in [0.05, 0.1) is 38.1 Å². The van der Waals surface area contributed by atoms with Gasteiger partial charge < -0.3 is 27.0 Å². The summed E-state index contributed by atoms with van der Waals surface area (Å²) in [5.41, 5.74) is 0.611. The third-order valence-electron chi connectivity index (χ3n) is 2.95. The zero-order chi connectivity index (χ0) is 13.8. The molecular weight excluding hydrogens is 314 g/mol. The Hall–Kier alpha value is -0.560. The molecule has 6 nitrogen and oxygen atoms in total. The summed E-state index contributed by atoms with van der Waals surface area (Å²) in [7, 11) is 3.55. The highest BCUT2D eigenvalue weighted by molar-refractivity contribution is 6.18. The first kappa shape index (κ1) is 18.4. The largest absolute Gasteiger partial charge is 1.00 e. The number of hydrogen-bond acceptors (Lipinski definition) is 3. The maximum absolute atomic E-state index is 11.0. The zero-order valence-corrected chi connectivity index (χ0v) is 13.1. The molecule has 19 heavy (non-hydrogen) atoms. The van der Waals surface area contributed by atoms with E-state index < -0.39 is 4.92 Å². The molecule has 0 saturated heterocycles. The summed E-state index contributed by atoms with van der Waals surface area (Å²) in [6, 6.07) is 0. The molecule has 0 aliphatic rings. The molecule has 0 aliphatic carbocycles. The number of quaternary nitrogens is 1. The third kappa shape index (κ3) is 4.80. The topological polar surface area (TPSA) is 61.0 Å². The summed E-state index contributed by atoms with van der Waals surface area (Å²) in [5, 5.41) is 14.9. The van der Waals surface area contributed by atoms with E-state index in [4.69, 9.17) is 23.2 Å². The molecule has 1 rings (SSSR count). The van der Waals surface area contributed by atoms with E-state index in [1.54, 1.807) is 7.05 Å². The molecule has 0 aliphatic heterocycles. The van der Waals surface area contributed by atoms with Gasteiger partial charge in [-0.15, -0.1) is 27.9 Å². The average molecular weight is 332 g/mol. The maximum atomic E-state index is 11.0. The van der Waals surface area contributed by atoms with Gasteiger partial charge in [-0.25, -0.2) is 0 Å². The standard InChI is InChI=1S/C10H17Cl2N4O2.ClH/c1-14-10(15(17)18)9(7-13-14)8-16(2,5-3-11)6-4-12;/h7H,3-6,8H2,1-2H3;1H/q+1;/p-1. The van der Waals surface area contributed by atoms with Crippen LogP contribution in [0.2, 0.25) is 0 Å². The Bertz CT molecular complexity index is 419. The number of nitro groups is 1. The highest BCUT2D eigenvalue weighted by Crippen LogP contribution is 2.21. The van der Waals surface area contributed by atoms with E-state index in [2.05, 4.69) is 5.10 Å². The molecule has 1 heterocycles. The van der Waals surface area contributed by atoms with Crippen LogP contribution in [0.4, 0.5) is 5.82 Å². The van der Waals surface area contributed by atoms with Crippen LogP contribution in [0.25, 0.3) is 0 Å². The fourth-order valence-electron chi connectivity index (χ4n) is 1.91. The molecule has 9 heteroatoms. The third-order valence-corrected chi connectivity index (χ3v) is 3.29. The number of aromatic nitrogens is 2. The summed E-state index contributed by atoms with van der Waals surface area (Å²) < 4.78 is 1.85. The van der Waals surface area contributed by atoms with E-state index in [0.717, 1.165) is 0 Å². The van der Waals surface area contributed by atoms with Gasteiger partial charge in [0.25, 0.3) is 0 Å². The molecule has 1 aromatic heterocycles. The minimum Gasteiger partial charge on any atom is -1.00 e. The van der Waals surface area contributed by atoms with Crippen LogP contribution in [0.5, 0.6) is 0 Å². The molecule has 0 fully saturated rings. The van der Waals surface area contributed by atoms with Crippen LogP contribution < -0.4 is 12.4 Å². The van der Waals surface area contributed by atoms with Crippen molar-refractivity contribution in [1.82, 2.24) is 9.78 Å². The number of aryl methyl sites for hydroxylation is 1. The Kier molecular flexibility index (Phi) is 7.66. The van der Waals surface area contributed by atoms with Gasteiger partial charge in [0, 0.05) is 0 Å². The van der Waals surface area contributed by atoms with Crippen molar-refractivity contribution in [1.29, 1.82) is 0 Å². The molecule has 0 radical (unpaired) electrons. The molecule has 0 aromatic carbocycles. The Morgan fingerprint density at radius 3 is 2.37 bits per heavy atom. The summed E-state index contributed by atoms with van der Waals surface area (Å²) in [6.45, 7) is 1.92. The number of rotatable bonds is 7. The van der Waals surface area contributed by atoms with Crippen molar-refractivity contribution in [3.63, 3.8) is 0 Å². The first-order chi connectivity index (χ1) is 8.43. The summed E-state index contributed by atoms with van der Waals surface area (Å²) >= 11 is 11.6. The predicted molar refractivity (Wildman–Crippen MR) is 70.9 cm³/mol. The first-order valence-corrected chi connectivity index (χ1v) is 6.61. The highest BCUT2D eigenvalue weighted by Gasteiger charge is 2.28. The lowest BCUT2D eigenvalue weighted by Crippen LogP contribution is -3.00. The maximum Gasteiger partial charge on any atom is 0.353 e. The fraction of sp³-hybridized carbons (Fsp3) is 0.700. The van der Waals surface area contributed by atoms with E-state index in [1.807, 2.05) is 7.05 Å². The second-order valence-corrected chi connectivity index (χ2v) is 5.23. The van der Waals surface area contributed by atoms with Crippen molar-refractivity contribution in [3.8, 4) is 0 Å². The molecule has 0 unspecified atom stereocenters. The monoisotopic (exact) mass is 330 g/mol. The number of halogens is 3. The molecule has 0 N–H and O–H groups in total. The van der Waals surface area contributed by atoms with Gasteiger partial charge in [-0.3, -0.25) is 0 Å². The average Bonchev–Trinajstić information content (AvgIpc) is 2.59. The van der Waals surface area contributed by atoms with Crippen LogP contribution in [-0.2, 0) is 13.6 Å². The molecule has 0 spiro atoms. The predicted octanol–water partition coefficient (Wildman–Crippen LogP) is -1.24. The second kappa shape index (κ2) is 7.89. The smallest absolute Gasteiger partial charge is 0.353 e. The summed E-state index contributed by atoms with van der Waals surface area (Å²) in [6.07, 6.45) is 1.54. The molecule has 0 amide bonds. The van der Waals surface area contributed by atoms with Crippen molar-refractivity contribution >= 4 is 29.0 Å². The zero-order valence-electron chi connectivity index (χ0n) is 10.9. The molecular formula is C10H17Cl3N4O2. The molecule has 0 bridgehead atoms. The van der Waals surface area contributed by atoms with Crippen LogP contribution in [0.15, 0.2) is 6.20 Å². The lowest BCUT2D eigenvalue weighted by Gasteiger charge is -2.32. The van der Waals surface area contributed by atoms with Crippen molar-refractivity contribution in [3.05, 3.63) is 21.9 Å². The first-order valence-electron chi connectivity index (χ1n) is 5.54. The van der Waals surface area contributed by atoms with Crippen LogP contribution in [-0.4, -0.2) is 51.1 Å². The highest BCUT2D eigenvalue weighted by atomic mass is 35.5. The summed E-state index contributed by atoms with van der Waals surface area (Å²) in [4.78, 5) is 10.6. The molecule has 0 atom stereocenters. The van der Waals surface area contributed by atoms with E-state index in [9.17, 15) is 10.1 Å². The van der Waals surface area contributed by atoms with E-state index >= 15 is 0 Å². The van der Waals surface area contributed by atoms with Crippen molar-refractivity contribution in [2.45, 2.75) is 6.54 Å². The van der Waals surface area contributed by atoms with Gasteiger partial charge in [0.15, 0.2) is 0 Å². The van der Waals surface area contributed by atoms with Gasteiger partial charge in [-0.1, -0.05) is 5.10 Å². The van der Waals surface area contributed by atoms with Crippen LogP contribution >= 0.6 is 23.2 Å². The van der Waals surface area contributed by atoms with Crippen LogP contribution in [0.3, 0.4) is 0 Å². The fourth-order valence-corrected chi connectivity index (χ4v) is 2.73. The molecule has 110 valence electrons. The van der Waals surface area contributed by atoms with Crippen molar-refractivity contribution < 1.29 is 21.8 Å². The van der Waals surface area contributed by atoms with Crippen molar-refractivity contribution in [2.24, 2.45) is 7.05 Å². The SMILES string of the molecule is Cn1ncc(C[N+](C)(CCCl)CCCl)c1[N+](=O)[O-].[Cl-]. The Morgan fingerprint density at radius 1 is 1.42 bits per heavy atom. The van der Waals surface area contributed by atoms with Crippen molar-refractivity contribution in [2.75, 3.05) is 31.9 Å². The van der Waals surface area contributed by atoms with Gasteiger partial charge in [-0.05, 0) is 4.92 Å². The van der Waals surface area contributed by atoms with E-state index in [-0.39, 0.29) is 18.2 Å². The van der Waals surface area contributed by atoms with Gasteiger partial charge in [0.1, 0.15) is 19.2 Å². The number of alkyl halides is 2. The lowest BCUT2D eigenvalue weighted by atomic mass is 10.2. The van der Waals surface area contributed by atoms with Crippen LogP contribution in [0.1, 0.15) is 5.56 Å². The quantitative estimate of drug-likeness (QED) is 0.272. The Balaban J connectivity index is 0.00000324. The van der Waals surface area contributed by atoms with E-state index in [1.165, 1.54) is 10.9 Å². The van der Waals surface area contributed by atoms with E-state index in [0.29, 0.717) is 41.4 Å². The van der Waals surface area contributed by atoms with Gasteiger partial charge in [0.2, 0.25) is 0 Å². The summed E-state index contributed by atoms with van der Waals surface area (Å²) in [5.74, 6) is 1.01. The number of nitrogens with zero attached hydrogens (tertiary/aromatic N) is 4. The minimum absolute atomic E-state index is 0. The van der Waals surface area contributed by atoms with Gasteiger partial charge >= 0.3 is 5.82 Å². The lowest BCUT2D eigenvalue weighted by molar-refractivity contribution is -0.918. The molecule has 0 saturated carbocycles. The van der Waals surface area contributed by atoms with Crippen LogP contribution in [0, 0.1) is 10.1 Å². The van der Waals surface area contributed by atoms with Gasteiger partial charge in [-0.2, -0.15) is 0 Å².